The Morgan fingerprint density at radius 1 is 1.44 bits per heavy atom. The molecule has 0 aliphatic heterocycles. The van der Waals surface area contributed by atoms with E-state index in [9.17, 15) is 4.79 Å². The van der Waals surface area contributed by atoms with E-state index in [2.05, 4.69) is 17.3 Å². The smallest absolute Gasteiger partial charge is 0.271 e. The molecule has 0 radical (unpaired) electrons. The first-order chi connectivity index (χ1) is 7.69. The summed E-state index contributed by atoms with van der Waals surface area (Å²) in [4.78, 5) is 12.0. The van der Waals surface area contributed by atoms with Gasteiger partial charge in [-0.1, -0.05) is 20.3 Å². The van der Waals surface area contributed by atoms with Crippen LogP contribution in [-0.4, -0.2) is 16.3 Å². The number of aryl methyl sites for hydroxylation is 2. The lowest BCUT2D eigenvalue weighted by atomic mass is 10.2. The molecule has 0 fully saturated rings. The minimum Gasteiger partial charge on any atom is -0.313 e. The van der Waals surface area contributed by atoms with Gasteiger partial charge in [-0.3, -0.25) is 4.79 Å². The molecule has 0 aromatic carbocycles. The van der Waals surface area contributed by atoms with Gasteiger partial charge in [-0.05, 0) is 26.0 Å². The van der Waals surface area contributed by atoms with Gasteiger partial charge in [0.25, 0.3) is 5.56 Å². The molecular weight excluding hydrogens is 202 g/mol. The van der Waals surface area contributed by atoms with Crippen LogP contribution < -0.4 is 10.9 Å². The molecule has 1 heterocycles. The summed E-state index contributed by atoms with van der Waals surface area (Å²) in [7, 11) is 0. The lowest BCUT2D eigenvalue weighted by molar-refractivity contribution is 0.528. The molecular formula is C12H21N3O. The van der Waals surface area contributed by atoms with E-state index < -0.39 is 0 Å². The van der Waals surface area contributed by atoms with Crippen LogP contribution in [-0.2, 0) is 13.1 Å². The Bertz CT molecular complexity index is 352. The Labute approximate surface area is 96.7 Å². The standard InChI is InChI=1S/C12H21N3O/c1-4-6-7-15-12(16)11(9-13-5-2)8-10(3)14-15/h8,13H,4-7,9H2,1-3H3. The molecule has 0 aliphatic carbocycles. The largest absolute Gasteiger partial charge is 0.313 e. The summed E-state index contributed by atoms with van der Waals surface area (Å²) < 4.78 is 1.59. The third-order valence-corrected chi connectivity index (χ3v) is 2.46. The Morgan fingerprint density at radius 2 is 2.19 bits per heavy atom. The van der Waals surface area contributed by atoms with E-state index >= 15 is 0 Å². The molecule has 0 amide bonds. The van der Waals surface area contributed by atoms with Gasteiger partial charge in [-0.15, -0.1) is 0 Å². The van der Waals surface area contributed by atoms with Crippen molar-refractivity contribution >= 4 is 0 Å². The van der Waals surface area contributed by atoms with Crippen molar-refractivity contribution in [3.8, 4) is 0 Å². The fourth-order valence-corrected chi connectivity index (χ4v) is 1.59. The molecule has 90 valence electrons. The first-order valence-electron chi connectivity index (χ1n) is 5.97. The summed E-state index contributed by atoms with van der Waals surface area (Å²) >= 11 is 0. The highest BCUT2D eigenvalue weighted by Crippen LogP contribution is 1.97. The van der Waals surface area contributed by atoms with Crippen molar-refractivity contribution in [1.29, 1.82) is 0 Å². The number of nitrogens with one attached hydrogen (secondary N) is 1. The molecule has 4 heteroatoms. The van der Waals surface area contributed by atoms with Crippen LogP contribution in [0.15, 0.2) is 10.9 Å². The molecule has 0 unspecified atom stereocenters. The van der Waals surface area contributed by atoms with Gasteiger partial charge in [0.2, 0.25) is 0 Å². The molecule has 0 saturated heterocycles. The number of hydrogen-bond donors (Lipinski definition) is 1. The van der Waals surface area contributed by atoms with Crippen molar-refractivity contribution in [1.82, 2.24) is 15.1 Å². The highest BCUT2D eigenvalue weighted by atomic mass is 16.1. The van der Waals surface area contributed by atoms with Crippen LogP contribution >= 0.6 is 0 Å². The number of aromatic nitrogens is 2. The van der Waals surface area contributed by atoms with Gasteiger partial charge in [0.1, 0.15) is 0 Å². The SMILES string of the molecule is CCCCn1nc(C)cc(CNCC)c1=O. The second-order valence-corrected chi connectivity index (χ2v) is 3.97. The predicted octanol–water partition coefficient (Wildman–Crippen LogP) is 1.46. The first-order valence-corrected chi connectivity index (χ1v) is 5.97. The number of rotatable bonds is 6. The topological polar surface area (TPSA) is 46.9 Å². The molecule has 1 rings (SSSR count). The first kappa shape index (κ1) is 12.9. The molecule has 0 bridgehead atoms. The fourth-order valence-electron chi connectivity index (χ4n) is 1.59. The predicted molar refractivity (Wildman–Crippen MR) is 65.5 cm³/mol. The molecule has 4 nitrogen and oxygen atoms in total. The normalized spacial score (nSPS) is 10.7. The molecule has 16 heavy (non-hydrogen) atoms. The van der Waals surface area contributed by atoms with Crippen molar-refractivity contribution in [2.75, 3.05) is 6.54 Å². The molecule has 1 aromatic heterocycles. The van der Waals surface area contributed by atoms with Gasteiger partial charge in [0, 0.05) is 18.7 Å². The Morgan fingerprint density at radius 3 is 2.81 bits per heavy atom. The third-order valence-electron chi connectivity index (χ3n) is 2.46. The molecule has 1 aromatic rings. The zero-order chi connectivity index (χ0) is 12.0. The number of hydrogen-bond acceptors (Lipinski definition) is 3. The maximum Gasteiger partial charge on any atom is 0.271 e. The van der Waals surface area contributed by atoms with Crippen molar-refractivity contribution in [3.05, 3.63) is 27.7 Å². The van der Waals surface area contributed by atoms with Gasteiger partial charge in [-0.2, -0.15) is 5.10 Å². The average molecular weight is 223 g/mol. The highest BCUT2D eigenvalue weighted by molar-refractivity contribution is 5.12. The van der Waals surface area contributed by atoms with Crippen LogP contribution in [0.1, 0.15) is 37.9 Å². The van der Waals surface area contributed by atoms with E-state index in [1.54, 1.807) is 4.68 Å². The summed E-state index contributed by atoms with van der Waals surface area (Å²) in [5.41, 5.74) is 1.76. The van der Waals surface area contributed by atoms with Crippen molar-refractivity contribution in [2.45, 2.75) is 46.7 Å². The molecule has 0 saturated carbocycles. The molecule has 0 atom stereocenters. The summed E-state index contributed by atoms with van der Waals surface area (Å²) in [6.07, 6.45) is 2.07. The second-order valence-electron chi connectivity index (χ2n) is 3.97. The van der Waals surface area contributed by atoms with E-state index in [4.69, 9.17) is 0 Å². The van der Waals surface area contributed by atoms with Gasteiger partial charge >= 0.3 is 0 Å². The van der Waals surface area contributed by atoms with Crippen LogP contribution in [0.3, 0.4) is 0 Å². The van der Waals surface area contributed by atoms with Crippen molar-refractivity contribution in [3.63, 3.8) is 0 Å². The fraction of sp³-hybridized carbons (Fsp3) is 0.667. The average Bonchev–Trinajstić information content (AvgIpc) is 2.28. The van der Waals surface area contributed by atoms with E-state index in [1.807, 2.05) is 19.9 Å². The summed E-state index contributed by atoms with van der Waals surface area (Å²) in [6.45, 7) is 8.29. The van der Waals surface area contributed by atoms with E-state index in [-0.39, 0.29) is 5.56 Å². The highest BCUT2D eigenvalue weighted by Gasteiger charge is 2.05. The monoisotopic (exact) mass is 223 g/mol. The van der Waals surface area contributed by atoms with Gasteiger partial charge in [0.15, 0.2) is 0 Å². The summed E-state index contributed by atoms with van der Waals surface area (Å²) in [5.74, 6) is 0. The molecule has 0 aliphatic rings. The lowest BCUT2D eigenvalue weighted by Gasteiger charge is -2.08. The van der Waals surface area contributed by atoms with Crippen molar-refractivity contribution < 1.29 is 0 Å². The van der Waals surface area contributed by atoms with Crippen LogP contribution in [0.5, 0.6) is 0 Å². The van der Waals surface area contributed by atoms with Gasteiger partial charge in [-0.25, -0.2) is 4.68 Å². The zero-order valence-corrected chi connectivity index (χ0v) is 10.4. The lowest BCUT2D eigenvalue weighted by Crippen LogP contribution is -2.29. The van der Waals surface area contributed by atoms with Crippen LogP contribution in [0, 0.1) is 6.92 Å². The van der Waals surface area contributed by atoms with Crippen molar-refractivity contribution in [2.24, 2.45) is 0 Å². The molecule has 0 spiro atoms. The zero-order valence-electron chi connectivity index (χ0n) is 10.4. The number of nitrogens with zero attached hydrogens (tertiary/aromatic N) is 2. The minimum absolute atomic E-state index is 0.0417. The van der Waals surface area contributed by atoms with Gasteiger partial charge < -0.3 is 5.32 Å². The van der Waals surface area contributed by atoms with Gasteiger partial charge in [0.05, 0.1) is 5.69 Å². The van der Waals surface area contributed by atoms with Crippen LogP contribution in [0.25, 0.3) is 0 Å². The Kier molecular flexibility index (Phi) is 5.19. The summed E-state index contributed by atoms with van der Waals surface area (Å²) in [5, 5.41) is 7.43. The summed E-state index contributed by atoms with van der Waals surface area (Å²) in [6, 6.07) is 1.87. The maximum atomic E-state index is 12.0. The second kappa shape index (κ2) is 6.43. The van der Waals surface area contributed by atoms with E-state index in [0.717, 1.165) is 37.2 Å². The Hall–Kier alpha value is -1.16. The van der Waals surface area contributed by atoms with E-state index in [1.165, 1.54) is 0 Å². The minimum atomic E-state index is 0.0417. The van der Waals surface area contributed by atoms with E-state index in [0.29, 0.717) is 6.54 Å². The quantitative estimate of drug-likeness (QED) is 0.794. The third kappa shape index (κ3) is 3.45. The number of unbranched alkanes of at least 4 members (excludes halogenated alkanes) is 1. The Balaban J connectivity index is 2.91. The van der Waals surface area contributed by atoms with Crippen LogP contribution in [0.2, 0.25) is 0 Å². The van der Waals surface area contributed by atoms with Crippen LogP contribution in [0.4, 0.5) is 0 Å². The maximum absolute atomic E-state index is 12.0. The molecule has 1 N–H and O–H groups in total.